The van der Waals surface area contributed by atoms with Gasteiger partial charge in [0.1, 0.15) is 5.00 Å². The number of amides is 2. The summed E-state index contributed by atoms with van der Waals surface area (Å²) in [5.41, 5.74) is 4.48. The van der Waals surface area contributed by atoms with Crippen LogP contribution in [0.4, 0.5) is 5.00 Å². The standard InChI is InChI=1S/C16H19N3O4S/c1-23-16(22)12-10-7-4-8-11(10)24-15(12)17-13(20)14(21)19-18-9-5-2-3-6-9/h2-8H2,1H3,(H,17,20)(H,19,21). The van der Waals surface area contributed by atoms with Crippen molar-refractivity contribution in [1.29, 1.82) is 0 Å². The molecule has 0 spiro atoms. The third-order valence-corrected chi connectivity index (χ3v) is 5.45. The van der Waals surface area contributed by atoms with E-state index in [1.54, 1.807) is 0 Å². The fraction of sp³-hybridized carbons (Fsp3) is 0.500. The molecule has 2 aliphatic carbocycles. The second-order valence-electron chi connectivity index (χ2n) is 5.83. The van der Waals surface area contributed by atoms with Crippen LogP contribution in [0.5, 0.6) is 0 Å². The highest BCUT2D eigenvalue weighted by atomic mass is 32.1. The van der Waals surface area contributed by atoms with E-state index < -0.39 is 17.8 Å². The molecule has 1 saturated carbocycles. The molecule has 0 bridgehead atoms. The van der Waals surface area contributed by atoms with Crippen molar-refractivity contribution in [2.45, 2.75) is 44.9 Å². The molecular formula is C16H19N3O4S. The average molecular weight is 349 g/mol. The van der Waals surface area contributed by atoms with Crippen LogP contribution in [0.2, 0.25) is 0 Å². The van der Waals surface area contributed by atoms with Gasteiger partial charge < -0.3 is 10.1 Å². The number of fused-ring (bicyclic) bond motifs is 1. The zero-order valence-corrected chi connectivity index (χ0v) is 14.3. The Balaban J connectivity index is 1.71. The molecule has 2 aliphatic rings. The molecule has 8 heteroatoms. The number of hydrazone groups is 1. The number of carbonyl (C=O) groups is 3. The third-order valence-electron chi connectivity index (χ3n) is 4.24. The summed E-state index contributed by atoms with van der Waals surface area (Å²) in [4.78, 5) is 37.0. The van der Waals surface area contributed by atoms with Gasteiger partial charge in [0.25, 0.3) is 0 Å². The first kappa shape index (κ1) is 16.6. The van der Waals surface area contributed by atoms with E-state index in [0.717, 1.165) is 61.1 Å². The summed E-state index contributed by atoms with van der Waals surface area (Å²) < 4.78 is 4.81. The van der Waals surface area contributed by atoms with Gasteiger partial charge >= 0.3 is 17.8 Å². The second kappa shape index (κ2) is 7.12. The van der Waals surface area contributed by atoms with Gasteiger partial charge in [-0.1, -0.05) is 0 Å². The summed E-state index contributed by atoms with van der Waals surface area (Å²) in [6.45, 7) is 0. The number of esters is 1. The molecule has 7 nitrogen and oxygen atoms in total. The van der Waals surface area contributed by atoms with E-state index in [1.165, 1.54) is 18.4 Å². The number of anilines is 1. The molecule has 1 fully saturated rings. The maximum Gasteiger partial charge on any atom is 0.341 e. The van der Waals surface area contributed by atoms with E-state index in [9.17, 15) is 14.4 Å². The lowest BCUT2D eigenvalue weighted by atomic mass is 10.1. The molecule has 128 valence electrons. The van der Waals surface area contributed by atoms with Crippen molar-refractivity contribution in [1.82, 2.24) is 5.43 Å². The fourth-order valence-corrected chi connectivity index (χ4v) is 4.32. The van der Waals surface area contributed by atoms with Gasteiger partial charge in [-0.15, -0.1) is 11.3 Å². The second-order valence-corrected chi connectivity index (χ2v) is 6.94. The number of hydrogen-bond acceptors (Lipinski definition) is 6. The fourth-order valence-electron chi connectivity index (χ4n) is 3.05. The van der Waals surface area contributed by atoms with Gasteiger partial charge in [0.05, 0.1) is 12.7 Å². The lowest BCUT2D eigenvalue weighted by molar-refractivity contribution is -0.136. The molecule has 2 amide bonds. The van der Waals surface area contributed by atoms with E-state index >= 15 is 0 Å². The maximum atomic E-state index is 12.1. The quantitative estimate of drug-likeness (QED) is 0.495. The molecule has 3 rings (SSSR count). The first-order chi connectivity index (χ1) is 11.6. The Hall–Kier alpha value is -2.22. The SMILES string of the molecule is COC(=O)c1c(NC(=O)C(=O)NN=C2CCCC2)sc2c1CCC2. The van der Waals surface area contributed by atoms with Crippen LogP contribution in [-0.2, 0) is 27.2 Å². The summed E-state index contributed by atoms with van der Waals surface area (Å²) >= 11 is 1.33. The molecule has 24 heavy (non-hydrogen) atoms. The number of nitrogens with zero attached hydrogens (tertiary/aromatic N) is 1. The Labute approximate surface area is 143 Å². The number of rotatable bonds is 3. The van der Waals surface area contributed by atoms with Crippen LogP contribution in [0.15, 0.2) is 5.10 Å². The van der Waals surface area contributed by atoms with Gasteiger partial charge in [0, 0.05) is 10.6 Å². The normalized spacial score (nSPS) is 15.8. The average Bonchev–Trinajstić information content (AvgIpc) is 3.28. The van der Waals surface area contributed by atoms with Gasteiger partial charge in [0.15, 0.2) is 0 Å². The minimum atomic E-state index is -0.834. The molecule has 0 atom stereocenters. The first-order valence-electron chi connectivity index (χ1n) is 7.99. The molecule has 0 saturated heterocycles. The van der Waals surface area contributed by atoms with Crippen molar-refractivity contribution in [3.63, 3.8) is 0 Å². The van der Waals surface area contributed by atoms with Crippen LogP contribution in [0.25, 0.3) is 0 Å². The highest BCUT2D eigenvalue weighted by molar-refractivity contribution is 7.17. The van der Waals surface area contributed by atoms with E-state index in [4.69, 9.17) is 4.74 Å². The minimum Gasteiger partial charge on any atom is -0.465 e. The maximum absolute atomic E-state index is 12.1. The molecule has 2 N–H and O–H groups in total. The van der Waals surface area contributed by atoms with Crippen molar-refractivity contribution in [3.05, 3.63) is 16.0 Å². The number of nitrogens with one attached hydrogen (secondary N) is 2. The van der Waals surface area contributed by atoms with Crippen LogP contribution >= 0.6 is 11.3 Å². The number of aryl methyl sites for hydroxylation is 1. The summed E-state index contributed by atoms with van der Waals surface area (Å²) in [5.74, 6) is -2.16. The van der Waals surface area contributed by atoms with E-state index in [0.29, 0.717) is 10.6 Å². The predicted molar refractivity (Wildman–Crippen MR) is 90.4 cm³/mol. The van der Waals surface area contributed by atoms with Gasteiger partial charge in [-0.25, -0.2) is 10.2 Å². The number of thiophene rings is 1. The van der Waals surface area contributed by atoms with E-state index in [1.807, 2.05) is 0 Å². The Bertz CT molecular complexity index is 715. The molecule has 1 aromatic rings. The van der Waals surface area contributed by atoms with Crippen LogP contribution in [0.1, 0.15) is 52.9 Å². The highest BCUT2D eigenvalue weighted by Crippen LogP contribution is 2.39. The molecule has 0 radical (unpaired) electrons. The zero-order chi connectivity index (χ0) is 17.1. The molecule has 0 aromatic carbocycles. The van der Waals surface area contributed by atoms with Crippen molar-refractivity contribution >= 4 is 39.8 Å². The summed E-state index contributed by atoms with van der Waals surface area (Å²) in [7, 11) is 1.30. The summed E-state index contributed by atoms with van der Waals surface area (Å²) in [6, 6.07) is 0. The molecule has 1 heterocycles. The first-order valence-corrected chi connectivity index (χ1v) is 8.81. The van der Waals surface area contributed by atoms with E-state index in [2.05, 4.69) is 15.8 Å². The molecule has 1 aromatic heterocycles. The smallest absolute Gasteiger partial charge is 0.341 e. The molecule has 0 unspecified atom stereocenters. The van der Waals surface area contributed by atoms with Crippen molar-refractivity contribution < 1.29 is 19.1 Å². The lowest BCUT2D eigenvalue weighted by Crippen LogP contribution is -2.33. The number of ether oxygens (including phenoxy) is 1. The van der Waals surface area contributed by atoms with E-state index in [-0.39, 0.29) is 0 Å². The van der Waals surface area contributed by atoms with Gasteiger partial charge in [-0.2, -0.15) is 5.10 Å². The van der Waals surface area contributed by atoms with Crippen LogP contribution in [0, 0.1) is 0 Å². The Morgan fingerprint density at radius 3 is 2.50 bits per heavy atom. The largest absolute Gasteiger partial charge is 0.465 e. The van der Waals surface area contributed by atoms with Gasteiger partial charge in [-0.3, -0.25) is 9.59 Å². The Kier molecular flexibility index (Phi) is 4.94. The predicted octanol–water partition coefficient (Wildman–Crippen LogP) is 2.01. The monoisotopic (exact) mass is 349 g/mol. The van der Waals surface area contributed by atoms with Crippen molar-refractivity contribution in [3.8, 4) is 0 Å². The topological polar surface area (TPSA) is 96.9 Å². The minimum absolute atomic E-state index is 0.373. The van der Waals surface area contributed by atoms with Gasteiger partial charge in [-0.05, 0) is 50.5 Å². The Morgan fingerprint density at radius 2 is 1.79 bits per heavy atom. The lowest BCUT2D eigenvalue weighted by Gasteiger charge is -2.06. The van der Waals surface area contributed by atoms with Crippen LogP contribution < -0.4 is 10.7 Å². The van der Waals surface area contributed by atoms with Gasteiger partial charge in [0.2, 0.25) is 0 Å². The molecule has 0 aliphatic heterocycles. The number of carbonyl (C=O) groups excluding carboxylic acids is 3. The number of methoxy groups -OCH3 is 1. The van der Waals surface area contributed by atoms with Crippen LogP contribution in [-0.4, -0.2) is 30.6 Å². The number of hydrogen-bond donors (Lipinski definition) is 2. The van der Waals surface area contributed by atoms with Crippen LogP contribution in [0.3, 0.4) is 0 Å². The summed E-state index contributed by atoms with van der Waals surface area (Å²) in [5, 5.41) is 6.88. The molecular weight excluding hydrogens is 330 g/mol. The summed E-state index contributed by atoms with van der Waals surface area (Å²) in [6.07, 6.45) is 6.47. The van der Waals surface area contributed by atoms with Crippen molar-refractivity contribution in [2.24, 2.45) is 5.10 Å². The third kappa shape index (κ3) is 3.33. The zero-order valence-electron chi connectivity index (χ0n) is 13.4. The Morgan fingerprint density at radius 1 is 1.04 bits per heavy atom. The van der Waals surface area contributed by atoms with Crippen molar-refractivity contribution in [2.75, 3.05) is 12.4 Å². The highest BCUT2D eigenvalue weighted by Gasteiger charge is 2.29.